The first-order chi connectivity index (χ1) is 8.39. The molecule has 1 rings (SSSR count). The first-order valence-corrected chi connectivity index (χ1v) is 6.59. The van der Waals surface area contributed by atoms with Crippen molar-refractivity contribution in [1.82, 2.24) is 5.32 Å². The maximum Gasteiger partial charge on any atom is 0.0943 e. The van der Waals surface area contributed by atoms with Gasteiger partial charge in [-0.15, -0.1) is 0 Å². The van der Waals surface area contributed by atoms with E-state index in [9.17, 15) is 10.2 Å². The molecule has 0 spiro atoms. The molecule has 0 fully saturated rings. The molecular formula is C14H22ClNO2. The lowest BCUT2D eigenvalue weighted by Gasteiger charge is -2.32. The van der Waals surface area contributed by atoms with E-state index >= 15 is 0 Å². The number of aliphatic hydroxyl groups excluding tert-OH is 2. The van der Waals surface area contributed by atoms with E-state index in [0.717, 1.165) is 12.0 Å². The molecule has 0 saturated carbocycles. The van der Waals surface area contributed by atoms with Gasteiger partial charge >= 0.3 is 0 Å². The van der Waals surface area contributed by atoms with Crippen molar-refractivity contribution in [2.24, 2.45) is 0 Å². The summed E-state index contributed by atoms with van der Waals surface area (Å²) in [5.74, 6) is 0. The number of aliphatic hydroxyl groups is 2. The highest BCUT2D eigenvalue weighted by molar-refractivity contribution is 6.30. The second-order valence-corrected chi connectivity index (χ2v) is 5.63. The van der Waals surface area contributed by atoms with Gasteiger partial charge in [0, 0.05) is 16.6 Å². The molecule has 0 saturated heterocycles. The van der Waals surface area contributed by atoms with E-state index < -0.39 is 11.6 Å². The van der Waals surface area contributed by atoms with Crippen LogP contribution in [0.1, 0.15) is 38.9 Å². The second kappa shape index (κ2) is 6.53. The molecule has 0 heterocycles. The largest absolute Gasteiger partial charge is 0.394 e. The van der Waals surface area contributed by atoms with Gasteiger partial charge < -0.3 is 15.5 Å². The minimum atomic E-state index is -0.613. The zero-order chi connectivity index (χ0) is 13.8. The van der Waals surface area contributed by atoms with Gasteiger partial charge in [0.05, 0.1) is 12.7 Å². The fraction of sp³-hybridized carbons (Fsp3) is 0.571. The van der Waals surface area contributed by atoms with Crippen LogP contribution >= 0.6 is 11.6 Å². The lowest BCUT2D eigenvalue weighted by molar-refractivity contribution is 0.0899. The molecule has 0 bridgehead atoms. The molecule has 2 atom stereocenters. The Balaban J connectivity index is 2.79. The van der Waals surface area contributed by atoms with E-state index in [1.807, 2.05) is 32.9 Å². The number of hydrogen-bond acceptors (Lipinski definition) is 3. The number of halogens is 1. The summed E-state index contributed by atoms with van der Waals surface area (Å²) in [6.45, 7) is 5.84. The summed E-state index contributed by atoms with van der Waals surface area (Å²) < 4.78 is 0. The van der Waals surface area contributed by atoms with Gasteiger partial charge in [-0.3, -0.25) is 0 Å². The minimum absolute atomic E-state index is 0.0246. The van der Waals surface area contributed by atoms with E-state index in [1.165, 1.54) is 0 Å². The van der Waals surface area contributed by atoms with Crippen LogP contribution in [0.25, 0.3) is 0 Å². The predicted molar refractivity (Wildman–Crippen MR) is 74.8 cm³/mol. The van der Waals surface area contributed by atoms with Gasteiger partial charge in [0.25, 0.3) is 0 Å². The zero-order valence-corrected chi connectivity index (χ0v) is 11.9. The van der Waals surface area contributed by atoms with E-state index in [4.69, 9.17) is 11.6 Å². The maximum atomic E-state index is 10.3. The van der Waals surface area contributed by atoms with Crippen molar-refractivity contribution in [2.75, 3.05) is 6.61 Å². The minimum Gasteiger partial charge on any atom is -0.394 e. The first kappa shape index (κ1) is 15.4. The van der Waals surface area contributed by atoms with E-state index in [-0.39, 0.29) is 12.6 Å². The Labute approximate surface area is 114 Å². The van der Waals surface area contributed by atoms with E-state index in [0.29, 0.717) is 5.02 Å². The normalized spacial score (nSPS) is 15.4. The third-order valence-electron chi connectivity index (χ3n) is 3.00. The fourth-order valence-electron chi connectivity index (χ4n) is 1.84. The van der Waals surface area contributed by atoms with Crippen molar-refractivity contribution in [1.29, 1.82) is 0 Å². The molecule has 0 aliphatic heterocycles. The summed E-state index contributed by atoms with van der Waals surface area (Å²) in [6, 6.07) is 7.08. The topological polar surface area (TPSA) is 52.5 Å². The molecule has 4 heteroatoms. The van der Waals surface area contributed by atoms with Crippen molar-refractivity contribution in [3.8, 4) is 0 Å². The highest BCUT2D eigenvalue weighted by atomic mass is 35.5. The standard InChI is InChI=1S/C14H22ClNO2/c1-4-12(16-14(2,3)9-17)13(18)10-5-7-11(15)8-6-10/h5-8,12-13,16-18H,4,9H2,1-3H3. The Morgan fingerprint density at radius 3 is 2.28 bits per heavy atom. The number of rotatable bonds is 6. The van der Waals surface area contributed by atoms with Crippen molar-refractivity contribution < 1.29 is 10.2 Å². The Morgan fingerprint density at radius 2 is 1.83 bits per heavy atom. The lowest BCUT2D eigenvalue weighted by atomic mass is 9.96. The predicted octanol–water partition coefficient (Wildman–Crippen LogP) is 2.51. The summed E-state index contributed by atoms with van der Waals surface area (Å²) in [5.41, 5.74) is 0.418. The molecule has 0 radical (unpaired) electrons. The molecule has 1 aromatic rings. The molecule has 3 nitrogen and oxygen atoms in total. The van der Waals surface area contributed by atoms with Gasteiger partial charge in [-0.1, -0.05) is 30.7 Å². The molecule has 102 valence electrons. The van der Waals surface area contributed by atoms with Crippen LogP contribution in [0.15, 0.2) is 24.3 Å². The van der Waals surface area contributed by atoms with Crippen LogP contribution in [0.4, 0.5) is 0 Å². The SMILES string of the molecule is CCC(NC(C)(C)CO)C(O)c1ccc(Cl)cc1. The molecule has 0 aliphatic rings. The quantitative estimate of drug-likeness (QED) is 0.745. The number of benzene rings is 1. The summed E-state index contributed by atoms with van der Waals surface area (Å²) in [7, 11) is 0. The van der Waals surface area contributed by atoms with Crippen LogP contribution in [0, 0.1) is 0 Å². The maximum absolute atomic E-state index is 10.3. The Kier molecular flexibility index (Phi) is 5.60. The molecule has 1 aromatic carbocycles. The molecule has 3 N–H and O–H groups in total. The van der Waals surface area contributed by atoms with E-state index in [1.54, 1.807) is 12.1 Å². The van der Waals surface area contributed by atoms with Crippen LogP contribution in [0.3, 0.4) is 0 Å². The van der Waals surface area contributed by atoms with Gasteiger partial charge in [-0.2, -0.15) is 0 Å². The van der Waals surface area contributed by atoms with Crippen LogP contribution in [0.5, 0.6) is 0 Å². The zero-order valence-electron chi connectivity index (χ0n) is 11.2. The van der Waals surface area contributed by atoms with Crippen LogP contribution in [0.2, 0.25) is 5.02 Å². The van der Waals surface area contributed by atoms with Crippen LogP contribution in [-0.2, 0) is 0 Å². The number of nitrogens with one attached hydrogen (secondary N) is 1. The monoisotopic (exact) mass is 271 g/mol. The van der Waals surface area contributed by atoms with Gasteiger partial charge in [0.2, 0.25) is 0 Å². The third-order valence-corrected chi connectivity index (χ3v) is 3.26. The Morgan fingerprint density at radius 1 is 1.28 bits per heavy atom. The highest BCUT2D eigenvalue weighted by Gasteiger charge is 2.26. The van der Waals surface area contributed by atoms with Gasteiger partial charge in [-0.05, 0) is 38.0 Å². The average molecular weight is 272 g/mol. The molecule has 0 aromatic heterocycles. The first-order valence-electron chi connectivity index (χ1n) is 6.21. The smallest absolute Gasteiger partial charge is 0.0943 e. The van der Waals surface area contributed by atoms with Crippen molar-refractivity contribution >= 4 is 11.6 Å². The van der Waals surface area contributed by atoms with Gasteiger partial charge in [-0.25, -0.2) is 0 Å². The van der Waals surface area contributed by atoms with Crippen molar-refractivity contribution in [2.45, 2.75) is 44.9 Å². The summed E-state index contributed by atoms with van der Waals surface area (Å²) >= 11 is 5.83. The second-order valence-electron chi connectivity index (χ2n) is 5.20. The molecular weight excluding hydrogens is 250 g/mol. The van der Waals surface area contributed by atoms with Gasteiger partial charge in [0.1, 0.15) is 0 Å². The highest BCUT2D eigenvalue weighted by Crippen LogP contribution is 2.22. The number of hydrogen-bond donors (Lipinski definition) is 3. The Hall–Kier alpha value is -0.610. The average Bonchev–Trinajstić information content (AvgIpc) is 2.36. The molecule has 18 heavy (non-hydrogen) atoms. The van der Waals surface area contributed by atoms with Gasteiger partial charge in [0.15, 0.2) is 0 Å². The van der Waals surface area contributed by atoms with Crippen molar-refractivity contribution in [3.05, 3.63) is 34.9 Å². The molecule has 0 aliphatic carbocycles. The summed E-state index contributed by atoms with van der Waals surface area (Å²) in [6.07, 6.45) is 0.158. The van der Waals surface area contributed by atoms with Crippen LogP contribution < -0.4 is 5.32 Å². The third kappa shape index (κ3) is 4.25. The summed E-state index contributed by atoms with van der Waals surface area (Å²) in [4.78, 5) is 0. The molecule has 2 unspecified atom stereocenters. The fourth-order valence-corrected chi connectivity index (χ4v) is 1.97. The van der Waals surface area contributed by atoms with Crippen molar-refractivity contribution in [3.63, 3.8) is 0 Å². The van der Waals surface area contributed by atoms with E-state index in [2.05, 4.69) is 5.32 Å². The van der Waals surface area contributed by atoms with Crippen LogP contribution in [-0.4, -0.2) is 28.4 Å². The Bertz CT molecular complexity index is 365. The lowest BCUT2D eigenvalue weighted by Crippen LogP contribution is -2.50. The summed E-state index contributed by atoms with van der Waals surface area (Å²) in [5, 5.41) is 23.5. The molecule has 0 amide bonds.